The highest BCUT2D eigenvalue weighted by Gasteiger charge is 2.54. The van der Waals surface area contributed by atoms with Crippen LogP contribution >= 0.6 is 0 Å². The molecule has 2 saturated heterocycles. The number of ether oxygens (including phenoxy) is 1. The van der Waals surface area contributed by atoms with Crippen LogP contribution in [-0.4, -0.2) is 58.7 Å². The van der Waals surface area contributed by atoms with Gasteiger partial charge in [-0.05, 0) is 31.6 Å². The summed E-state index contributed by atoms with van der Waals surface area (Å²) in [6.07, 6.45) is 12.2. The summed E-state index contributed by atoms with van der Waals surface area (Å²) in [5.41, 5.74) is 0.436. The SMILES string of the molecule is O=C(NCC[C@@H]1CCOC12CN(C1CCCC1)C2)c1cnccn1. The molecule has 1 amide bonds. The second kappa shape index (κ2) is 6.76. The molecule has 1 aromatic heterocycles. The van der Waals surface area contributed by atoms with Gasteiger partial charge >= 0.3 is 0 Å². The van der Waals surface area contributed by atoms with Crippen LogP contribution in [0.5, 0.6) is 0 Å². The van der Waals surface area contributed by atoms with Crippen molar-refractivity contribution in [3.05, 3.63) is 24.3 Å². The average Bonchev–Trinajstić information content (AvgIpc) is 3.23. The number of hydrogen-bond donors (Lipinski definition) is 1. The summed E-state index contributed by atoms with van der Waals surface area (Å²) in [4.78, 5) is 22.6. The second-order valence-electron chi connectivity index (χ2n) is 7.38. The van der Waals surface area contributed by atoms with Gasteiger partial charge in [0.15, 0.2) is 0 Å². The number of nitrogens with zero attached hydrogens (tertiary/aromatic N) is 3. The Kier molecular flexibility index (Phi) is 4.50. The molecule has 2 aliphatic heterocycles. The molecule has 6 heteroatoms. The van der Waals surface area contributed by atoms with Gasteiger partial charge in [0.1, 0.15) is 5.69 Å². The minimum atomic E-state index is -0.141. The molecular formula is C18H26N4O2. The first-order chi connectivity index (χ1) is 11.8. The zero-order chi connectivity index (χ0) is 16.4. The number of carbonyl (C=O) groups excluding carboxylic acids is 1. The first-order valence-corrected chi connectivity index (χ1v) is 9.19. The minimum absolute atomic E-state index is 0.0554. The van der Waals surface area contributed by atoms with Crippen LogP contribution in [0.4, 0.5) is 0 Å². The van der Waals surface area contributed by atoms with Crippen molar-refractivity contribution >= 4 is 5.91 Å². The molecule has 3 aliphatic rings. The molecule has 130 valence electrons. The van der Waals surface area contributed by atoms with Crippen molar-refractivity contribution in [3.8, 4) is 0 Å². The third-order valence-electron chi connectivity index (χ3n) is 5.96. The number of carbonyl (C=O) groups is 1. The molecule has 3 fully saturated rings. The van der Waals surface area contributed by atoms with Crippen molar-refractivity contribution in [2.24, 2.45) is 5.92 Å². The maximum Gasteiger partial charge on any atom is 0.271 e. The van der Waals surface area contributed by atoms with Gasteiger partial charge < -0.3 is 10.1 Å². The van der Waals surface area contributed by atoms with Crippen LogP contribution in [-0.2, 0) is 4.74 Å². The number of rotatable bonds is 5. The molecule has 0 aromatic carbocycles. The maximum absolute atomic E-state index is 12.0. The van der Waals surface area contributed by atoms with Crippen LogP contribution in [0, 0.1) is 5.92 Å². The molecule has 0 bridgehead atoms. The molecule has 0 unspecified atom stereocenters. The van der Waals surface area contributed by atoms with Gasteiger partial charge in [-0.2, -0.15) is 0 Å². The number of aromatic nitrogens is 2. The Labute approximate surface area is 143 Å². The lowest BCUT2D eigenvalue weighted by molar-refractivity contribution is -0.146. The molecule has 1 spiro atoms. The van der Waals surface area contributed by atoms with E-state index in [4.69, 9.17) is 4.74 Å². The summed E-state index contributed by atoms with van der Waals surface area (Å²) in [6.45, 7) is 3.71. The van der Waals surface area contributed by atoms with Gasteiger partial charge in [0.25, 0.3) is 5.91 Å². The van der Waals surface area contributed by atoms with Gasteiger partial charge in [0, 0.05) is 44.7 Å². The van der Waals surface area contributed by atoms with Crippen molar-refractivity contribution in [1.29, 1.82) is 0 Å². The van der Waals surface area contributed by atoms with Crippen molar-refractivity contribution in [2.45, 2.75) is 50.2 Å². The molecule has 4 rings (SSSR count). The van der Waals surface area contributed by atoms with Crippen molar-refractivity contribution in [3.63, 3.8) is 0 Å². The molecule has 1 aliphatic carbocycles. The van der Waals surface area contributed by atoms with Gasteiger partial charge in [-0.1, -0.05) is 12.8 Å². The molecule has 1 saturated carbocycles. The molecular weight excluding hydrogens is 304 g/mol. The van der Waals surface area contributed by atoms with E-state index in [1.54, 1.807) is 12.4 Å². The normalized spacial score (nSPS) is 26.6. The fraction of sp³-hybridized carbons (Fsp3) is 0.722. The third-order valence-corrected chi connectivity index (χ3v) is 5.96. The lowest BCUT2D eigenvalue weighted by Gasteiger charge is -2.53. The summed E-state index contributed by atoms with van der Waals surface area (Å²) >= 11 is 0. The van der Waals surface area contributed by atoms with E-state index in [0.29, 0.717) is 18.2 Å². The molecule has 1 aromatic rings. The molecule has 1 N–H and O–H groups in total. The van der Waals surface area contributed by atoms with Crippen LogP contribution in [0.1, 0.15) is 49.0 Å². The topological polar surface area (TPSA) is 67.3 Å². The van der Waals surface area contributed by atoms with Crippen molar-refractivity contribution in [2.75, 3.05) is 26.2 Å². The second-order valence-corrected chi connectivity index (χ2v) is 7.38. The highest BCUT2D eigenvalue weighted by molar-refractivity contribution is 5.91. The zero-order valence-corrected chi connectivity index (χ0v) is 14.1. The third kappa shape index (κ3) is 3.05. The first kappa shape index (κ1) is 16.0. The van der Waals surface area contributed by atoms with E-state index >= 15 is 0 Å². The highest BCUT2D eigenvalue weighted by atomic mass is 16.5. The number of nitrogens with one attached hydrogen (secondary N) is 1. The summed E-state index contributed by atoms with van der Waals surface area (Å²) in [5.74, 6) is 0.412. The van der Waals surface area contributed by atoms with Crippen LogP contribution in [0.15, 0.2) is 18.6 Å². The Morgan fingerprint density at radius 2 is 2.12 bits per heavy atom. The standard InChI is InChI=1S/C18H26N4O2/c23-17(16-11-19-8-9-20-16)21-7-5-14-6-10-24-18(14)12-22(13-18)15-3-1-2-4-15/h8-9,11,14-15H,1-7,10,12-13H2,(H,21,23)/t14-/m1/s1. The van der Waals surface area contributed by atoms with Crippen LogP contribution < -0.4 is 5.32 Å². The Morgan fingerprint density at radius 3 is 2.88 bits per heavy atom. The van der Waals surface area contributed by atoms with Gasteiger partial charge in [-0.3, -0.25) is 14.7 Å². The number of hydrogen-bond acceptors (Lipinski definition) is 5. The lowest BCUT2D eigenvalue weighted by atomic mass is 9.78. The van der Waals surface area contributed by atoms with Crippen LogP contribution in [0.25, 0.3) is 0 Å². The quantitative estimate of drug-likeness (QED) is 0.889. The van der Waals surface area contributed by atoms with Crippen molar-refractivity contribution in [1.82, 2.24) is 20.2 Å². The largest absolute Gasteiger partial charge is 0.372 e. The monoisotopic (exact) mass is 330 g/mol. The van der Waals surface area contributed by atoms with Gasteiger partial charge in [0.2, 0.25) is 0 Å². The molecule has 0 radical (unpaired) electrons. The maximum atomic E-state index is 12.0. The minimum Gasteiger partial charge on any atom is -0.372 e. The molecule has 3 heterocycles. The van der Waals surface area contributed by atoms with Gasteiger partial charge in [-0.25, -0.2) is 4.98 Å². The van der Waals surface area contributed by atoms with Gasteiger partial charge in [-0.15, -0.1) is 0 Å². The summed E-state index contributed by atoms with van der Waals surface area (Å²) in [6, 6.07) is 0.789. The zero-order valence-electron chi connectivity index (χ0n) is 14.1. The average molecular weight is 330 g/mol. The lowest BCUT2D eigenvalue weighted by Crippen LogP contribution is -2.66. The Bertz CT molecular complexity index is 568. The van der Waals surface area contributed by atoms with Crippen molar-refractivity contribution < 1.29 is 9.53 Å². The first-order valence-electron chi connectivity index (χ1n) is 9.19. The molecule has 1 atom stereocenters. The predicted molar refractivity (Wildman–Crippen MR) is 89.6 cm³/mol. The summed E-state index contributed by atoms with van der Waals surface area (Å²) in [7, 11) is 0. The van der Waals surface area contributed by atoms with E-state index in [1.807, 2.05) is 0 Å². The predicted octanol–water partition coefficient (Wildman–Crippen LogP) is 1.63. The smallest absolute Gasteiger partial charge is 0.271 e. The molecule has 24 heavy (non-hydrogen) atoms. The van der Waals surface area contributed by atoms with E-state index in [1.165, 1.54) is 31.9 Å². The van der Waals surface area contributed by atoms with E-state index in [0.717, 1.165) is 38.6 Å². The molecule has 6 nitrogen and oxygen atoms in total. The van der Waals surface area contributed by atoms with Crippen LogP contribution in [0.3, 0.4) is 0 Å². The summed E-state index contributed by atoms with van der Waals surface area (Å²) < 4.78 is 6.14. The number of amides is 1. The van der Waals surface area contributed by atoms with E-state index in [2.05, 4.69) is 20.2 Å². The Morgan fingerprint density at radius 1 is 1.29 bits per heavy atom. The van der Waals surface area contributed by atoms with Crippen LogP contribution in [0.2, 0.25) is 0 Å². The summed E-state index contributed by atoms with van der Waals surface area (Å²) in [5, 5.41) is 2.97. The highest BCUT2D eigenvalue weighted by Crippen LogP contribution is 2.44. The number of likely N-dealkylation sites (tertiary alicyclic amines) is 1. The van der Waals surface area contributed by atoms with E-state index in [9.17, 15) is 4.79 Å². The van der Waals surface area contributed by atoms with E-state index in [-0.39, 0.29) is 11.5 Å². The van der Waals surface area contributed by atoms with E-state index < -0.39 is 0 Å². The fourth-order valence-corrected chi connectivity index (χ4v) is 4.58. The van der Waals surface area contributed by atoms with Gasteiger partial charge in [0.05, 0.1) is 11.8 Å². The Balaban J connectivity index is 1.25. The Hall–Kier alpha value is -1.53. The fourth-order valence-electron chi connectivity index (χ4n) is 4.58.